The number of ether oxygens (including phenoxy) is 1. The van der Waals surface area contributed by atoms with E-state index >= 15 is 0 Å². The van der Waals surface area contributed by atoms with Crippen molar-refractivity contribution in [3.63, 3.8) is 0 Å². The summed E-state index contributed by atoms with van der Waals surface area (Å²) in [5, 5.41) is 19.2. The average molecular weight is 315 g/mol. The molecule has 0 saturated heterocycles. The number of hydrogen-bond donors (Lipinski definition) is 2. The van der Waals surface area contributed by atoms with E-state index in [-0.39, 0.29) is 12.4 Å². The molecule has 0 aromatic heterocycles. The Morgan fingerprint density at radius 1 is 1.00 bits per heavy atom. The lowest BCUT2D eigenvalue weighted by molar-refractivity contribution is 0.0827. The molecule has 23 heavy (non-hydrogen) atoms. The Balaban J connectivity index is 1.93. The number of likely N-dealkylation sites (N-methyl/N-ethyl adjacent to an activating group) is 1. The SMILES string of the molecule is CN(C)C[C@@H](O)COc1ccccc1CCc1ccc(O)cc1. The van der Waals surface area contributed by atoms with Gasteiger partial charge in [0.15, 0.2) is 0 Å². The molecule has 0 amide bonds. The molecule has 0 radical (unpaired) electrons. The molecule has 0 aliphatic rings. The van der Waals surface area contributed by atoms with Crippen LogP contribution in [0.2, 0.25) is 0 Å². The summed E-state index contributed by atoms with van der Waals surface area (Å²) in [5.74, 6) is 1.11. The standard InChI is InChI=1S/C19H25NO3/c1-20(2)13-18(22)14-23-19-6-4-3-5-16(19)10-7-15-8-11-17(21)12-9-15/h3-6,8-9,11-12,18,21-22H,7,10,13-14H2,1-2H3/t18-/m1/s1. The summed E-state index contributed by atoms with van der Waals surface area (Å²) in [4.78, 5) is 1.94. The molecule has 0 unspecified atom stereocenters. The molecule has 0 saturated carbocycles. The fourth-order valence-corrected chi connectivity index (χ4v) is 2.45. The van der Waals surface area contributed by atoms with Crippen LogP contribution in [0.4, 0.5) is 0 Å². The molecule has 2 aromatic rings. The van der Waals surface area contributed by atoms with Gasteiger partial charge in [0.1, 0.15) is 24.2 Å². The summed E-state index contributed by atoms with van der Waals surface area (Å²) < 4.78 is 5.79. The van der Waals surface area contributed by atoms with E-state index in [0.717, 1.165) is 24.2 Å². The first-order valence-electron chi connectivity index (χ1n) is 7.86. The van der Waals surface area contributed by atoms with Crippen LogP contribution in [-0.2, 0) is 12.8 Å². The van der Waals surface area contributed by atoms with E-state index < -0.39 is 6.10 Å². The molecule has 0 spiro atoms. The van der Waals surface area contributed by atoms with E-state index in [9.17, 15) is 10.2 Å². The van der Waals surface area contributed by atoms with E-state index in [1.54, 1.807) is 12.1 Å². The Hall–Kier alpha value is -2.04. The van der Waals surface area contributed by atoms with Crippen molar-refractivity contribution in [2.24, 2.45) is 0 Å². The Bertz CT molecular complexity index is 596. The van der Waals surface area contributed by atoms with Crippen molar-refractivity contribution >= 4 is 0 Å². The number of phenols is 1. The average Bonchev–Trinajstić information content (AvgIpc) is 2.52. The van der Waals surface area contributed by atoms with E-state index in [2.05, 4.69) is 0 Å². The highest BCUT2D eigenvalue weighted by Crippen LogP contribution is 2.21. The van der Waals surface area contributed by atoms with Gasteiger partial charge in [-0.2, -0.15) is 0 Å². The van der Waals surface area contributed by atoms with Gasteiger partial charge in [-0.05, 0) is 56.3 Å². The quantitative estimate of drug-likeness (QED) is 0.786. The normalized spacial score (nSPS) is 12.3. The molecule has 2 aromatic carbocycles. The third-order valence-corrected chi connectivity index (χ3v) is 3.60. The smallest absolute Gasteiger partial charge is 0.122 e. The predicted molar refractivity (Wildman–Crippen MR) is 92.0 cm³/mol. The maximum absolute atomic E-state index is 9.92. The van der Waals surface area contributed by atoms with Crippen LogP contribution < -0.4 is 4.74 Å². The maximum atomic E-state index is 9.92. The minimum Gasteiger partial charge on any atom is -0.508 e. The number of aliphatic hydroxyl groups is 1. The van der Waals surface area contributed by atoms with E-state index in [0.29, 0.717) is 6.54 Å². The number of aliphatic hydroxyl groups excluding tert-OH is 1. The summed E-state index contributed by atoms with van der Waals surface area (Å²) in [6.45, 7) is 0.865. The van der Waals surface area contributed by atoms with Crippen LogP contribution in [0, 0.1) is 0 Å². The Morgan fingerprint density at radius 2 is 1.70 bits per heavy atom. The van der Waals surface area contributed by atoms with Gasteiger partial charge < -0.3 is 19.8 Å². The van der Waals surface area contributed by atoms with E-state index in [1.165, 1.54) is 5.56 Å². The summed E-state index contributed by atoms with van der Waals surface area (Å²) >= 11 is 0. The van der Waals surface area contributed by atoms with Gasteiger partial charge in [0.05, 0.1) is 0 Å². The zero-order chi connectivity index (χ0) is 16.7. The molecule has 4 heteroatoms. The van der Waals surface area contributed by atoms with E-state index in [4.69, 9.17) is 4.74 Å². The lowest BCUT2D eigenvalue weighted by atomic mass is 10.0. The van der Waals surface area contributed by atoms with Gasteiger partial charge in [0.2, 0.25) is 0 Å². The molecule has 124 valence electrons. The molecular formula is C19H25NO3. The van der Waals surface area contributed by atoms with Crippen LogP contribution in [0.5, 0.6) is 11.5 Å². The summed E-state index contributed by atoms with van der Waals surface area (Å²) in [6, 6.07) is 15.2. The number of benzene rings is 2. The lowest BCUT2D eigenvalue weighted by Crippen LogP contribution is -2.30. The first-order chi connectivity index (χ1) is 11.0. The Kier molecular flexibility index (Phi) is 6.44. The lowest BCUT2D eigenvalue weighted by Gasteiger charge is -2.18. The highest BCUT2D eigenvalue weighted by Gasteiger charge is 2.09. The van der Waals surface area contributed by atoms with Gasteiger partial charge in [0, 0.05) is 6.54 Å². The van der Waals surface area contributed by atoms with Crippen molar-refractivity contribution in [3.8, 4) is 11.5 Å². The zero-order valence-corrected chi connectivity index (χ0v) is 13.8. The van der Waals surface area contributed by atoms with Crippen molar-refractivity contribution < 1.29 is 14.9 Å². The fraction of sp³-hybridized carbons (Fsp3) is 0.368. The van der Waals surface area contributed by atoms with Gasteiger partial charge >= 0.3 is 0 Å². The fourth-order valence-electron chi connectivity index (χ4n) is 2.45. The Labute approximate surface area is 138 Å². The number of phenolic OH excluding ortho intramolecular Hbond substituents is 1. The van der Waals surface area contributed by atoms with Crippen LogP contribution in [-0.4, -0.2) is 48.5 Å². The van der Waals surface area contributed by atoms with Crippen LogP contribution in [0.3, 0.4) is 0 Å². The molecule has 0 bridgehead atoms. The molecule has 0 heterocycles. The summed E-state index contributed by atoms with van der Waals surface area (Å²) in [5.41, 5.74) is 2.29. The van der Waals surface area contributed by atoms with Crippen LogP contribution >= 0.6 is 0 Å². The van der Waals surface area contributed by atoms with Gasteiger partial charge in [-0.25, -0.2) is 0 Å². The minimum atomic E-state index is -0.504. The van der Waals surface area contributed by atoms with Gasteiger partial charge in [-0.3, -0.25) is 0 Å². The Morgan fingerprint density at radius 3 is 2.39 bits per heavy atom. The molecule has 1 atom stereocenters. The van der Waals surface area contributed by atoms with Crippen molar-refractivity contribution in [3.05, 3.63) is 59.7 Å². The highest BCUT2D eigenvalue weighted by molar-refractivity contribution is 5.34. The minimum absolute atomic E-state index is 0.285. The van der Waals surface area contributed by atoms with Gasteiger partial charge in [-0.1, -0.05) is 30.3 Å². The van der Waals surface area contributed by atoms with Crippen LogP contribution in [0.25, 0.3) is 0 Å². The summed E-state index contributed by atoms with van der Waals surface area (Å²) in [7, 11) is 3.85. The second-order valence-electron chi connectivity index (χ2n) is 6.00. The van der Waals surface area contributed by atoms with Crippen molar-refractivity contribution in [2.75, 3.05) is 27.2 Å². The molecular weight excluding hydrogens is 290 g/mol. The third-order valence-electron chi connectivity index (χ3n) is 3.60. The summed E-state index contributed by atoms with van der Waals surface area (Å²) in [6.07, 6.45) is 1.22. The van der Waals surface area contributed by atoms with Crippen LogP contribution in [0.15, 0.2) is 48.5 Å². The second kappa shape index (κ2) is 8.56. The van der Waals surface area contributed by atoms with Crippen molar-refractivity contribution in [1.82, 2.24) is 4.90 Å². The molecule has 4 nitrogen and oxygen atoms in total. The molecule has 0 aliphatic heterocycles. The molecule has 2 N–H and O–H groups in total. The van der Waals surface area contributed by atoms with Crippen molar-refractivity contribution in [1.29, 1.82) is 0 Å². The van der Waals surface area contributed by atoms with Gasteiger partial charge in [0.25, 0.3) is 0 Å². The number of aromatic hydroxyl groups is 1. The number of hydrogen-bond acceptors (Lipinski definition) is 4. The van der Waals surface area contributed by atoms with Crippen molar-refractivity contribution in [2.45, 2.75) is 18.9 Å². The third kappa shape index (κ3) is 5.93. The van der Waals surface area contributed by atoms with E-state index in [1.807, 2.05) is 55.4 Å². The molecule has 0 aliphatic carbocycles. The molecule has 2 rings (SSSR count). The first kappa shape index (κ1) is 17.3. The first-order valence-corrected chi connectivity index (χ1v) is 7.86. The largest absolute Gasteiger partial charge is 0.508 e. The molecule has 0 fully saturated rings. The second-order valence-corrected chi connectivity index (χ2v) is 6.00. The zero-order valence-electron chi connectivity index (χ0n) is 13.8. The number of rotatable bonds is 8. The topological polar surface area (TPSA) is 52.9 Å². The van der Waals surface area contributed by atoms with Crippen LogP contribution in [0.1, 0.15) is 11.1 Å². The van der Waals surface area contributed by atoms with Gasteiger partial charge in [-0.15, -0.1) is 0 Å². The number of aryl methyl sites for hydroxylation is 2. The number of para-hydroxylation sites is 1. The number of nitrogens with zero attached hydrogens (tertiary/aromatic N) is 1. The maximum Gasteiger partial charge on any atom is 0.122 e. The highest BCUT2D eigenvalue weighted by atomic mass is 16.5. The predicted octanol–water partition coefficient (Wildman–Crippen LogP) is 2.48. The monoisotopic (exact) mass is 315 g/mol.